The van der Waals surface area contributed by atoms with Crippen LogP contribution >= 0.6 is 0 Å². The highest BCUT2D eigenvalue weighted by Gasteiger charge is 2.12. The number of carboxylic acids is 1. The van der Waals surface area contributed by atoms with E-state index in [1.54, 1.807) is 6.07 Å². The molecule has 7 nitrogen and oxygen atoms in total. The van der Waals surface area contributed by atoms with Gasteiger partial charge in [0.1, 0.15) is 19.5 Å². The summed E-state index contributed by atoms with van der Waals surface area (Å²) < 4.78 is 11.0. The van der Waals surface area contributed by atoms with Crippen LogP contribution in [0.2, 0.25) is 0 Å². The smallest absolute Gasteiger partial charge is 0.335 e. The Labute approximate surface area is 129 Å². The molecule has 2 rings (SSSR count). The minimum Gasteiger partial charge on any atom is -0.492 e. The number of ether oxygens (including phenoxy) is 2. The molecular formula is C15H20N2O5. The van der Waals surface area contributed by atoms with Gasteiger partial charge in [-0.3, -0.25) is 4.90 Å². The maximum Gasteiger partial charge on any atom is 0.335 e. The molecule has 1 aromatic rings. The zero-order valence-electron chi connectivity index (χ0n) is 12.5. The van der Waals surface area contributed by atoms with Crippen molar-refractivity contribution in [2.24, 2.45) is 5.16 Å². The fourth-order valence-corrected chi connectivity index (χ4v) is 2.13. The first-order chi connectivity index (χ1) is 10.7. The summed E-state index contributed by atoms with van der Waals surface area (Å²) in [6.07, 6.45) is 1.44. The first-order valence-electron chi connectivity index (χ1n) is 7.07. The van der Waals surface area contributed by atoms with Gasteiger partial charge in [0.25, 0.3) is 0 Å². The number of benzene rings is 1. The second-order valence-corrected chi connectivity index (χ2v) is 4.78. The van der Waals surface area contributed by atoms with E-state index in [4.69, 9.17) is 14.6 Å². The molecule has 22 heavy (non-hydrogen) atoms. The van der Waals surface area contributed by atoms with Gasteiger partial charge < -0.3 is 19.4 Å². The van der Waals surface area contributed by atoms with Gasteiger partial charge in [-0.15, -0.1) is 0 Å². The van der Waals surface area contributed by atoms with E-state index in [9.17, 15) is 4.79 Å². The summed E-state index contributed by atoms with van der Waals surface area (Å²) in [7, 11) is 1.43. The molecule has 1 heterocycles. The fraction of sp³-hybridized carbons (Fsp3) is 0.467. The van der Waals surface area contributed by atoms with Crippen molar-refractivity contribution in [1.29, 1.82) is 0 Å². The largest absolute Gasteiger partial charge is 0.492 e. The number of oxime groups is 1. The number of nitrogens with zero attached hydrogens (tertiary/aromatic N) is 2. The molecule has 0 spiro atoms. The van der Waals surface area contributed by atoms with Crippen LogP contribution in [0.3, 0.4) is 0 Å². The molecule has 0 unspecified atom stereocenters. The average molecular weight is 308 g/mol. The van der Waals surface area contributed by atoms with Gasteiger partial charge in [-0.1, -0.05) is 5.16 Å². The molecule has 1 aromatic carbocycles. The highest BCUT2D eigenvalue weighted by molar-refractivity contribution is 5.92. The zero-order chi connectivity index (χ0) is 15.8. The van der Waals surface area contributed by atoms with Gasteiger partial charge in [0.15, 0.2) is 0 Å². The number of carbonyl (C=O) groups is 1. The van der Waals surface area contributed by atoms with Crippen molar-refractivity contribution in [2.75, 3.05) is 46.6 Å². The van der Waals surface area contributed by atoms with Crippen LogP contribution in [0.15, 0.2) is 23.4 Å². The molecule has 0 saturated carbocycles. The van der Waals surface area contributed by atoms with Gasteiger partial charge in [-0.05, 0) is 18.2 Å². The highest BCUT2D eigenvalue weighted by atomic mass is 16.6. The summed E-state index contributed by atoms with van der Waals surface area (Å²) in [5.41, 5.74) is 0.752. The molecule has 0 bridgehead atoms. The lowest BCUT2D eigenvalue weighted by molar-refractivity contribution is 0.0322. The molecule has 0 aromatic heterocycles. The van der Waals surface area contributed by atoms with Crippen LogP contribution in [0.25, 0.3) is 0 Å². The molecule has 1 saturated heterocycles. The van der Waals surface area contributed by atoms with Crippen molar-refractivity contribution in [3.63, 3.8) is 0 Å². The molecule has 0 amide bonds. The zero-order valence-corrected chi connectivity index (χ0v) is 12.5. The van der Waals surface area contributed by atoms with Gasteiger partial charge in [0.2, 0.25) is 0 Å². The quantitative estimate of drug-likeness (QED) is 0.599. The molecule has 0 radical (unpaired) electrons. The Morgan fingerprint density at radius 2 is 2.23 bits per heavy atom. The van der Waals surface area contributed by atoms with E-state index in [-0.39, 0.29) is 5.56 Å². The standard InChI is InChI=1S/C15H20N2O5/c1-20-16-11-13-10-12(15(18)19)2-3-14(13)22-9-6-17-4-7-21-8-5-17/h2-3,10-11H,4-9H2,1H3,(H,18,19)/b16-11+. The van der Waals surface area contributed by atoms with Crippen LogP contribution < -0.4 is 4.74 Å². The minimum absolute atomic E-state index is 0.179. The third kappa shape index (κ3) is 4.71. The topological polar surface area (TPSA) is 80.6 Å². The summed E-state index contributed by atoms with van der Waals surface area (Å²) in [6, 6.07) is 4.66. The number of morpholine rings is 1. The molecule has 0 atom stereocenters. The van der Waals surface area contributed by atoms with Crippen molar-refractivity contribution in [3.05, 3.63) is 29.3 Å². The lowest BCUT2D eigenvalue weighted by Crippen LogP contribution is -2.38. The first kappa shape index (κ1) is 16.3. The molecule has 0 aliphatic carbocycles. The number of aromatic carboxylic acids is 1. The van der Waals surface area contributed by atoms with Crippen molar-refractivity contribution in [2.45, 2.75) is 0 Å². The lowest BCUT2D eigenvalue weighted by atomic mass is 10.1. The Morgan fingerprint density at radius 1 is 1.45 bits per heavy atom. The number of hydrogen-bond donors (Lipinski definition) is 1. The Hall–Kier alpha value is -2.12. The third-order valence-corrected chi connectivity index (χ3v) is 3.32. The van der Waals surface area contributed by atoms with Gasteiger partial charge >= 0.3 is 5.97 Å². The molecule has 1 N–H and O–H groups in total. The van der Waals surface area contributed by atoms with E-state index in [0.29, 0.717) is 17.9 Å². The lowest BCUT2D eigenvalue weighted by Gasteiger charge is -2.26. The monoisotopic (exact) mass is 308 g/mol. The van der Waals surface area contributed by atoms with Gasteiger partial charge in [0, 0.05) is 25.2 Å². The molecule has 1 aliphatic rings. The van der Waals surface area contributed by atoms with Crippen molar-refractivity contribution < 1.29 is 24.2 Å². The van der Waals surface area contributed by atoms with Crippen molar-refractivity contribution >= 4 is 12.2 Å². The minimum atomic E-state index is -0.994. The summed E-state index contributed by atoms with van der Waals surface area (Å²) >= 11 is 0. The summed E-state index contributed by atoms with van der Waals surface area (Å²) in [5, 5.41) is 12.7. The molecular weight excluding hydrogens is 288 g/mol. The van der Waals surface area contributed by atoms with Crippen molar-refractivity contribution in [3.8, 4) is 5.75 Å². The van der Waals surface area contributed by atoms with Crippen LogP contribution in [0.5, 0.6) is 5.75 Å². The number of carboxylic acid groups (broad SMARTS) is 1. The van der Waals surface area contributed by atoms with Crippen LogP contribution in [-0.4, -0.2) is 68.8 Å². The third-order valence-electron chi connectivity index (χ3n) is 3.32. The van der Waals surface area contributed by atoms with Gasteiger partial charge in [0.05, 0.1) is 25.0 Å². The van der Waals surface area contributed by atoms with E-state index >= 15 is 0 Å². The van der Waals surface area contributed by atoms with Crippen molar-refractivity contribution in [1.82, 2.24) is 4.90 Å². The van der Waals surface area contributed by atoms with E-state index in [2.05, 4.69) is 14.9 Å². The summed E-state index contributed by atoms with van der Waals surface area (Å²) in [4.78, 5) is 17.9. The molecule has 1 aliphatic heterocycles. The second kappa shape index (κ2) is 8.35. The van der Waals surface area contributed by atoms with E-state index < -0.39 is 5.97 Å². The van der Waals surface area contributed by atoms with Gasteiger partial charge in [-0.25, -0.2) is 4.79 Å². The predicted molar refractivity (Wildman–Crippen MR) is 80.8 cm³/mol. The normalized spacial score (nSPS) is 15.9. The van der Waals surface area contributed by atoms with Gasteiger partial charge in [-0.2, -0.15) is 0 Å². The number of hydrogen-bond acceptors (Lipinski definition) is 6. The Kier molecular flexibility index (Phi) is 6.17. The summed E-state index contributed by atoms with van der Waals surface area (Å²) in [5.74, 6) is -0.411. The first-order valence-corrected chi connectivity index (χ1v) is 7.07. The van der Waals surface area contributed by atoms with E-state index in [1.807, 2.05) is 0 Å². The summed E-state index contributed by atoms with van der Waals surface area (Å²) in [6.45, 7) is 4.61. The Balaban J connectivity index is 1.98. The SMILES string of the molecule is CO/N=C/c1cc(C(=O)O)ccc1OCCN1CCOCC1. The Morgan fingerprint density at radius 3 is 2.91 bits per heavy atom. The molecule has 7 heteroatoms. The van der Waals surface area contributed by atoms with Crippen LogP contribution in [0.4, 0.5) is 0 Å². The number of rotatable bonds is 7. The molecule has 1 fully saturated rings. The van der Waals surface area contributed by atoms with Crippen LogP contribution in [-0.2, 0) is 9.57 Å². The predicted octanol–water partition coefficient (Wildman–Crippen LogP) is 1.08. The Bertz CT molecular complexity index is 527. The fourth-order valence-electron chi connectivity index (χ4n) is 2.13. The second-order valence-electron chi connectivity index (χ2n) is 4.78. The van der Waals surface area contributed by atoms with Crippen LogP contribution in [0.1, 0.15) is 15.9 Å². The van der Waals surface area contributed by atoms with Crippen LogP contribution in [0, 0.1) is 0 Å². The van der Waals surface area contributed by atoms with E-state index in [1.165, 1.54) is 25.5 Å². The van der Waals surface area contributed by atoms with E-state index in [0.717, 1.165) is 32.8 Å². The maximum absolute atomic E-state index is 11.0. The maximum atomic E-state index is 11.0. The molecule has 120 valence electrons. The highest BCUT2D eigenvalue weighted by Crippen LogP contribution is 2.19. The average Bonchev–Trinajstić information content (AvgIpc) is 2.54.